The predicted octanol–water partition coefficient (Wildman–Crippen LogP) is 1.51. The van der Waals surface area contributed by atoms with Gasteiger partial charge in [-0.3, -0.25) is 4.79 Å². The number of aromatic hydroxyl groups is 1. The second-order valence-electron chi connectivity index (χ2n) is 4.84. The fraction of sp³-hybridized carbons (Fsp3) is 0.500. The Labute approximate surface area is 109 Å². The van der Waals surface area contributed by atoms with Crippen molar-refractivity contribution in [1.29, 1.82) is 0 Å². The maximum Gasteiger partial charge on any atom is 0.223 e. The molecule has 0 aromatic heterocycles. The van der Waals surface area contributed by atoms with Gasteiger partial charge in [-0.2, -0.15) is 0 Å². The first-order chi connectivity index (χ1) is 8.43. The van der Waals surface area contributed by atoms with Crippen LogP contribution in [0, 0.1) is 12.8 Å². The highest BCUT2D eigenvalue weighted by molar-refractivity contribution is 5.78. The van der Waals surface area contributed by atoms with Crippen LogP contribution in [0.25, 0.3) is 0 Å². The Kier molecular flexibility index (Phi) is 5.16. The van der Waals surface area contributed by atoms with Gasteiger partial charge in [0.15, 0.2) is 0 Å². The molecule has 0 bridgehead atoms. The van der Waals surface area contributed by atoms with Gasteiger partial charge in [0, 0.05) is 31.6 Å². The Bertz CT molecular complexity index is 418. The number of rotatable bonds is 5. The summed E-state index contributed by atoms with van der Waals surface area (Å²) in [5, 5.41) is 12.4. The van der Waals surface area contributed by atoms with Crippen molar-refractivity contribution in [3.63, 3.8) is 0 Å². The number of benzene rings is 1. The quantitative estimate of drug-likeness (QED) is 0.833. The molecule has 1 rings (SSSR count). The van der Waals surface area contributed by atoms with Gasteiger partial charge in [0.1, 0.15) is 5.75 Å². The lowest BCUT2D eigenvalue weighted by molar-refractivity contribution is -0.124. The summed E-state index contributed by atoms with van der Waals surface area (Å²) >= 11 is 0. The summed E-state index contributed by atoms with van der Waals surface area (Å²) in [7, 11) is 3.59. The lowest BCUT2D eigenvalue weighted by Crippen LogP contribution is -2.34. The molecule has 0 aliphatic heterocycles. The zero-order valence-corrected chi connectivity index (χ0v) is 11.5. The minimum absolute atomic E-state index is 0.0373. The van der Waals surface area contributed by atoms with Crippen molar-refractivity contribution < 1.29 is 9.90 Å². The summed E-state index contributed by atoms with van der Waals surface area (Å²) in [5.74, 6) is 0.280. The van der Waals surface area contributed by atoms with Crippen LogP contribution >= 0.6 is 0 Å². The van der Waals surface area contributed by atoms with Crippen LogP contribution in [0.5, 0.6) is 5.75 Å². The molecule has 0 fully saturated rings. The van der Waals surface area contributed by atoms with Crippen molar-refractivity contribution in [3.05, 3.63) is 29.3 Å². The normalized spacial score (nSPS) is 12.5. The number of nitrogens with zero attached hydrogens (tertiary/aromatic N) is 1. The Morgan fingerprint density at radius 1 is 1.50 bits per heavy atom. The number of phenolic OH excluding ortho intramolecular Hbond substituents is 1. The van der Waals surface area contributed by atoms with E-state index in [1.54, 1.807) is 13.1 Å². The van der Waals surface area contributed by atoms with Crippen molar-refractivity contribution in [3.8, 4) is 5.75 Å². The number of carbonyl (C=O) groups is 1. The highest BCUT2D eigenvalue weighted by Gasteiger charge is 2.14. The minimum atomic E-state index is -0.0630. The van der Waals surface area contributed by atoms with Gasteiger partial charge in [-0.1, -0.05) is 24.6 Å². The highest BCUT2D eigenvalue weighted by atomic mass is 16.3. The number of aryl methyl sites for hydroxylation is 1. The molecular formula is C14H22N2O2. The zero-order valence-electron chi connectivity index (χ0n) is 11.5. The fourth-order valence-electron chi connectivity index (χ4n) is 1.99. The Balaban J connectivity index is 2.61. The molecule has 1 atom stereocenters. The third-order valence-corrected chi connectivity index (χ3v) is 2.95. The molecule has 4 heteroatoms. The molecule has 1 aromatic rings. The van der Waals surface area contributed by atoms with Crippen molar-refractivity contribution in [2.45, 2.75) is 20.4 Å². The molecule has 1 aromatic carbocycles. The van der Waals surface area contributed by atoms with E-state index in [1.165, 1.54) is 0 Å². The van der Waals surface area contributed by atoms with E-state index in [1.807, 2.05) is 37.9 Å². The Hall–Kier alpha value is -1.55. The summed E-state index contributed by atoms with van der Waals surface area (Å²) in [6.07, 6.45) is 0. The first-order valence-electron chi connectivity index (χ1n) is 6.12. The van der Waals surface area contributed by atoms with Gasteiger partial charge in [0.2, 0.25) is 5.91 Å². The Morgan fingerprint density at radius 2 is 2.17 bits per heavy atom. The highest BCUT2D eigenvalue weighted by Crippen LogP contribution is 2.19. The molecule has 0 saturated heterocycles. The summed E-state index contributed by atoms with van der Waals surface area (Å²) in [4.78, 5) is 13.5. The molecule has 0 spiro atoms. The van der Waals surface area contributed by atoms with Crippen molar-refractivity contribution in [2.75, 3.05) is 20.6 Å². The van der Waals surface area contributed by atoms with Gasteiger partial charge in [-0.05, 0) is 20.0 Å². The van der Waals surface area contributed by atoms with Crippen LogP contribution in [-0.2, 0) is 11.3 Å². The molecule has 2 N–H and O–H groups in total. The maximum absolute atomic E-state index is 11.4. The summed E-state index contributed by atoms with van der Waals surface area (Å²) in [6, 6.07) is 5.56. The maximum atomic E-state index is 11.4. The summed E-state index contributed by atoms with van der Waals surface area (Å²) in [6.45, 7) is 5.18. The number of hydrogen-bond donors (Lipinski definition) is 2. The molecule has 0 aliphatic carbocycles. The second kappa shape index (κ2) is 6.40. The van der Waals surface area contributed by atoms with E-state index in [4.69, 9.17) is 0 Å². The van der Waals surface area contributed by atoms with E-state index in [-0.39, 0.29) is 11.8 Å². The van der Waals surface area contributed by atoms with E-state index >= 15 is 0 Å². The Morgan fingerprint density at radius 3 is 2.78 bits per heavy atom. The number of nitrogens with one attached hydrogen (secondary N) is 1. The first kappa shape index (κ1) is 14.5. The largest absolute Gasteiger partial charge is 0.508 e. The van der Waals surface area contributed by atoms with Crippen LogP contribution in [0.15, 0.2) is 18.2 Å². The van der Waals surface area contributed by atoms with Crippen LogP contribution < -0.4 is 5.32 Å². The van der Waals surface area contributed by atoms with Crippen molar-refractivity contribution >= 4 is 5.91 Å². The van der Waals surface area contributed by atoms with Crippen LogP contribution in [0.2, 0.25) is 0 Å². The topological polar surface area (TPSA) is 52.6 Å². The number of hydrogen-bond acceptors (Lipinski definition) is 3. The van der Waals surface area contributed by atoms with Gasteiger partial charge in [-0.25, -0.2) is 0 Å². The van der Waals surface area contributed by atoms with Crippen molar-refractivity contribution in [2.24, 2.45) is 5.92 Å². The molecular weight excluding hydrogens is 228 g/mol. The van der Waals surface area contributed by atoms with Crippen LogP contribution in [0.1, 0.15) is 18.1 Å². The minimum Gasteiger partial charge on any atom is -0.508 e. The average Bonchev–Trinajstić information content (AvgIpc) is 2.32. The van der Waals surface area contributed by atoms with Gasteiger partial charge in [0.05, 0.1) is 0 Å². The smallest absolute Gasteiger partial charge is 0.223 e. The molecule has 18 heavy (non-hydrogen) atoms. The van der Waals surface area contributed by atoms with E-state index < -0.39 is 0 Å². The lowest BCUT2D eigenvalue weighted by atomic mass is 10.1. The monoisotopic (exact) mass is 250 g/mol. The van der Waals surface area contributed by atoms with Crippen molar-refractivity contribution in [1.82, 2.24) is 10.2 Å². The van der Waals surface area contributed by atoms with E-state index in [0.717, 1.165) is 11.1 Å². The second-order valence-corrected chi connectivity index (χ2v) is 4.84. The predicted molar refractivity (Wildman–Crippen MR) is 72.4 cm³/mol. The van der Waals surface area contributed by atoms with Gasteiger partial charge in [-0.15, -0.1) is 0 Å². The van der Waals surface area contributed by atoms with E-state index in [9.17, 15) is 9.90 Å². The van der Waals surface area contributed by atoms with E-state index in [0.29, 0.717) is 18.8 Å². The molecule has 0 aliphatic rings. The van der Waals surface area contributed by atoms with E-state index in [2.05, 4.69) is 5.32 Å². The summed E-state index contributed by atoms with van der Waals surface area (Å²) in [5.41, 5.74) is 2.01. The molecule has 0 radical (unpaired) electrons. The molecule has 100 valence electrons. The fourth-order valence-corrected chi connectivity index (χ4v) is 1.99. The molecule has 0 heterocycles. The van der Waals surface area contributed by atoms with Crippen LogP contribution in [0.3, 0.4) is 0 Å². The van der Waals surface area contributed by atoms with Crippen LogP contribution in [0.4, 0.5) is 0 Å². The number of amides is 1. The SMILES string of the molecule is CNC(=O)C(C)CN(C)Cc1cc(C)ccc1O. The van der Waals surface area contributed by atoms with Gasteiger partial charge < -0.3 is 15.3 Å². The number of carbonyl (C=O) groups excluding carboxylic acids is 1. The van der Waals surface area contributed by atoms with Crippen LogP contribution in [-0.4, -0.2) is 36.6 Å². The summed E-state index contributed by atoms with van der Waals surface area (Å²) < 4.78 is 0. The first-order valence-corrected chi connectivity index (χ1v) is 6.12. The van der Waals surface area contributed by atoms with Gasteiger partial charge in [0.25, 0.3) is 0 Å². The third kappa shape index (κ3) is 4.04. The molecule has 0 saturated carbocycles. The molecule has 4 nitrogen and oxygen atoms in total. The van der Waals surface area contributed by atoms with Gasteiger partial charge >= 0.3 is 0 Å². The third-order valence-electron chi connectivity index (χ3n) is 2.95. The average molecular weight is 250 g/mol. The molecule has 1 unspecified atom stereocenters. The zero-order chi connectivity index (χ0) is 13.7. The molecule has 1 amide bonds. The lowest BCUT2D eigenvalue weighted by Gasteiger charge is -2.21. The standard InChI is InChI=1S/C14H22N2O2/c1-10-5-6-13(17)12(7-10)9-16(4)8-11(2)14(18)15-3/h5-7,11,17H,8-9H2,1-4H3,(H,15,18). The number of phenols is 1.